The second kappa shape index (κ2) is 9.50. The summed E-state index contributed by atoms with van der Waals surface area (Å²) in [6.45, 7) is 2.28. The minimum Gasteiger partial charge on any atom is -0.497 e. The van der Waals surface area contributed by atoms with Crippen LogP contribution < -0.4 is 19.5 Å². The number of anilines is 1. The number of amides is 1. The third kappa shape index (κ3) is 4.43. The lowest BCUT2D eigenvalue weighted by Crippen LogP contribution is -2.23. The average molecular weight is 468 g/mol. The van der Waals surface area contributed by atoms with Crippen LogP contribution in [0.1, 0.15) is 40.7 Å². The molecule has 0 fully saturated rings. The van der Waals surface area contributed by atoms with Crippen LogP contribution >= 0.6 is 0 Å². The first kappa shape index (κ1) is 22.5. The fourth-order valence-corrected chi connectivity index (χ4v) is 4.48. The Morgan fingerprint density at radius 1 is 0.971 bits per heavy atom. The summed E-state index contributed by atoms with van der Waals surface area (Å²) in [7, 11) is 1.57. The van der Waals surface area contributed by atoms with Gasteiger partial charge in [-0.05, 0) is 59.8 Å². The van der Waals surface area contributed by atoms with Crippen molar-refractivity contribution in [2.24, 2.45) is 0 Å². The summed E-state index contributed by atoms with van der Waals surface area (Å²) in [5.74, 6) is 0.775. The Labute approximate surface area is 203 Å². The quantitative estimate of drug-likeness (QED) is 0.281. The fourth-order valence-electron chi connectivity index (χ4n) is 4.48. The van der Waals surface area contributed by atoms with E-state index < -0.39 is 5.97 Å². The number of esters is 1. The molecule has 6 heteroatoms. The Balaban J connectivity index is 1.48. The summed E-state index contributed by atoms with van der Waals surface area (Å²) in [5, 5.41) is 5.14. The minimum atomic E-state index is -0.491. The Morgan fingerprint density at radius 3 is 2.54 bits per heavy atom. The Bertz CT molecular complexity index is 1410. The van der Waals surface area contributed by atoms with Crippen molar-refractivity contribution in [2.45, 2.75) is 19.3 Å². The van der Waals surface area contributed by atoms with Gasteiger partial charge in [0.1, 0.15) is 5.75 Å². The molecule has 1 atom stereocenters. The standard InChI is InChI=1S/C29H25NO5/c1-3-34-26-16-20(11-15-25(26)35-29(32)19-8-12-21(33-2)13-9-19)24-17-27(31)30-28-22-7-5-4-6-18(22)10-14-23(24)28/h4-16,24H,3,17H2,1-2H3,(H,30,31)/t24-/m0/s1. The number of fused-ring (bicyclic) bond motifs is 3. The molecule has 1 amide bonds. The highest BCUT2D eigenvalue weighted by molar-refractivity contribution is 6.06. The van der Waals surface area contributed by atoms with Crippen molar-refractivity contribution in [2.75, 3.05) is 19.0 Å². The molecule has 1 aliphatic rings. The summed E-state index contributed by atoms with van der Waals surface area (Å²) < 4.78 is 16.6. The van der Waals surface area contributed by atoms with E-state index >= 15 is 0 Å². The van der Waals surface area contributed by atoms with Crippen LogP contribution in [-0.4, -0.2) is 25.6 Å². The van der Waals surface area contributed by atoms with Gasteiger partial charge < -0.3 is 19.5 Å². The van der Waals surface area contributed by atoms with Crippen molar-refractivity contribution in [3.63, 3.8) is 0 Å². The van der Waals surface area contributed by atoms with Crippen molar-refractivity contribution in [3.8, 4) is 17.2 Å². The number of benzene rings is 4. The highest BCUT2D eigenvalue weighted by Crippen LogP contribution is 2.43. The number of ether oxygens (including phenoxy) is 3. The summed E-state index contributed by atoms with van der Waals surface area (Å²) in [5.41, 5.74) is 3.22. The average Bonchev–Trinajstić information content (AvgIpc) is 2.89. The molecule has 0 aliphatic carbocycles. The molecule has 6 nitrogen and oxygen atoms in total. The molecule has 0 bridgehead atoms. The van der Waals surface area contributed by atoms with Crippen molar-refractivity contribution in [1.29, 1.82) is 0 Å². The molecule has 35 heavy (non-hydrogen) atoms. The molecule has 0 unspecified atom stereocenters. The summed E-state index contributed by atoms with van der Waals surface area (Å²) in [4.78, 5) is 25.4. The molecule has 0 radical (unpaired) electrons. The Kier molecular flexibility index (Phi) is 6.10. The Hall–Kier alpha value is -4.32. The van der Waals surface area contributed by atoms with E-state index in [1.54, 1.807) is 37.4 Å². The molecule has 1 N–H and O–H groups in total. The van der Waals surface area contributed by atoms with E-state index in [1.807, 2.05) is 43.3 Å². The van der Waals surface area contributed by atoms with Gasteiger partial charge in [-0.2, -0.15) is 0 Å². The maximum Gasteiger partial charge on any atom is 0.343 e. The van der Waals surface area contributed by atoms with Crippen LogP contribution in [0.4, 0.5) is 5.69 Å². The molecule has 0 saturated heterocycles. The highest BCUT2D eigenvalue weighted by atomic mass is 16.6. The molecule has 0 saturated carbocycles. The topological polar surface area (TPSA) is 73.9 Å². The highest BCUT2D eigenvalue weighted by Gasteiger charge is 2.28. The second-order valence-corrected chi connectivity index (χ2v) is 8.31. The summed E-state index contributed by atoms with van der Waals surface area (Å²) >= 11 is 0. The van der Waals surface area contributed by atoms with E-state index in [0.717, 1.165) is 27.6 Å². The van der Waals surface area contributed by atoms with Crippen LogP contribution in [0.25, 0.3) is 10.8 Å². The van der Waals surface area contributed by atoms with Crippen LogP contribution in [0.2, 0.25) is 0 Å². The first-order valence-electron chi connectivity index (χ1n) is 11.5. The first-order chi connectivity index (χ1) is 17.1. The van der Waals surface area contributed by atoms with Crippen molar-refractivity contribution in [3.05, 3.63) is 95.6 Å². The van der Waals surface area contributed by atoms with E-state index in [-0.39, 0.29) is 11.8 Å². The third-order valence-electron chi connectivity index (χ3n) is 6.19. The van der Waals surface area contributed by atoms with Gasteiger partial charge in [0.25, 0.3) is 0 Å². The Morgan fingerprint density at radius 2 is 1.77 bits per heavy atom. The van der Waals surface area contributed by atoms with Gasteiger partial charge >= 0.3 is 5.97 Å². The number of hydrogen-bond acceptors (Lipinski definition) is 5. The number of hydrogen-bond donors (Lipinski definition) is 1. The SMILES string of the molecule is CCOc1cc([C@@H]2CC(=O)Nc3c2ccc2ccccc32)ccc1OC(=O)c1ccc(OC)cc1. The van der Waals surface area contributed by atoms with Gasteiger partial charge in [-0.3, -0.25) is 4.79 Å². The molecule has 4 aromatic carbocycles. The zero-order valence-electron chi connectivity index (χ0n) is 19.5. The molecule has 0 aromatic heterocycles. The number of rotatable bonds is 6. The molecule has 1 aliphatic heterocycles. The van der Waals surface area contributed by atoms with Gasteiger partial charge in [-0.1, -0.05) is 42.5 Å². The summed E-state index contributed by atoms with van der Waals surface area (Å²) in [6.07, 6.45) is 0.321. The maximum atomic E-state index is 12.7. The van der Waals surface area contributed by atoms with Crippen molar-refractivity contribution < 1.29 is 23.8 Å². The maximum absolute atomic E-state index is 12.7. The van der Waals surface area contributed by atoms with Gasteiger partial charge in [0.15, 0.2) is 11.5 Å². The zero-order valence-corrected chi connectivity index (χ0v) is 19.5. The number of carbonyl (C=O) groups is 2. The predicted molar refractivity (Wildman–Crippen MR) is 135 cm³/mol. The first-order valence-corrected chi connectivity index (χ1v) is 11.5. The second-order valence-electron chi connectivity index (χ2n) is 8.31. The van der Waals surface area contributed by atoms with Gasteiger partial charge in [0.05, 0.1) is 25.0 Å². The number of nitrogens with one attached hydrogen (secondary N) is 1. The van der Waals surface area contributed by atoms with Crippen molar-refractivity contribution >= 4 is 28.3 Å². The molecule has 0 spiro atoms. The van der Waals surface area contributed by atoms with Gasteiger partial charge in [-0.15, -0.1) is 0 Å². The monoisotopic (exact) mass is 467 g/mol. The fraction of sp³-hybridized carbons (Fsp3) is 0.172. The lowest BCUT2D eigenvalue weighted by atomic mass is 9.83. The zero-order chi connectivity index (χ0) is 24.4. The largest absolute Gasteiger partial charge is 0.497 e. The molecule has 1 heterocycles. The van der Waals surface area contributed by atoms with E-state index in [1.165, 1.54) is 0 Å². The van der Waals surface area contributed by atoms with Gasteiger partial charge in [0.2, 0.25) is 5.91 Å². The molecule has 4 aromatic rings. The summed E-state index contributed by atoms with van der Waals surface area (Å²) in [6, 6.07) is 24.3. The van der Waals surface area contributed by atoms with E-state index in [0.29, 0.717) is 35.8 Å². The van der Waals surface area contributed by atoms with E-state index in [4.69, 9.17) is 14.2 Å². The number of carbonyl (C=O) groups excluding carboxylic acids is 2. The molecule has 5 rings (SSSR count). The lowest BCUT2D eigenvalue weighted by Gasteiger charge is -2.27. The molecular weight excluding hydrogens is 442 g/mol. The normalized spacial score (nSPS) is 14.7. The third-order valence-corrected chi connectivity index (χ3v) is 6.19. The van der Waals surface area contributed by atoms with Gasteiger partial charge in [-0.25, -0.2) is 4.79 Å². The smallest absolute Gasteiger partial charge is 0.343 e. The molecular formula is C29H25NO5. The van der Waals surface area contributed by atoms with Crippen LogP contribution in [0.3, 0.4) is 0 Å². The molecule has 176 valence electrons. The van der Waals surface area contributed by atoms with Crippen LogP contribution in [0, 0.1) is 0 Å². The lowest BCUT2D eigenvalue weighted by molar-refractivity contribution is -0.116. The van der Waals surface area contributed by atoms with Crippen LogP contribution in [0.5, 0.6) is 17.2 Å². The van der Waals surface area contributed by atoms with Gasteiger partial charge in [0, 0.05) is 17.7 Å². The van der Waals surface area contributed by atoms with Crippen LogP contribution in [-0.2, 0) is 4.79 Å². The van der Waals surface area contributed by atoms with E-state index in [9.17, 15) is 9.59 Å². The van der Waals surface area contributed by atoms with Crippen LogP contribution in [0.15, 0.2) is 78.9 Å². The van der Waals surface area contributed by atoms with E-state index in [2.05, 4.69) is 17.4 Å². The number of methoxy groups -OCH3 is 1. The predicted octanol–water partition coefficient (Wildman–Crippen LogP) is 5.94. The minimum absolute atomic E-state index is 0.0353. The van der Waals surface area contributed by atoms with Crippen molar-refractivity contribution in [1.82, 2.24) is 0 Å².